The second-order valence-corrected chi connectivity index (χ2v) is 12.7. The van der Waals surface area contributed by atoms with Gasteiger partial charge in [0.25, 0.3) is 0 Å². The molecule has 0 radical (unpaired) electrons. The first kappa shape index (κ1) is 16.6. The second-order valence-electron chi connectivity index (χ2n) is 5.58. The Morgan fingerprint density at radius 3 is 2.14 bits per heavy atom. The van der Waals surface area contributed by atoms with E-state index in [1.165, 1.54) is 14.7 Å². The highest BCUT2D eigenvalue weighted by Gasteiger charge is 2.08. The van der Waals surface area contributed by atoms with Crippen molar-refractivity contribution in [2.45, 2.75) is 34.3 Å². The molecule has 0 aliphatic carbocycles. The molecule has 0 saturated heterocycles. The van der Waals surface area contributed by atoms with Crippen molar-refractivity contribution >= 4 is 43.2 Å². The van der Waals surface area contributed by atoms with E-state index in [1.54, 1.807) is 23.5 Å². The van der Waals surface area contributed by atoms with Crippen molar-refractivity contribution in [1.29, 1.82) is 0 Å². The molecule has 2 aromatic rings. The van der Waals surface area contributed by atoms with Gasteiger partial charge >= 0.3 is 0 Å². The van der Waals surface area contributed by atoms with E-state index in [4.69, 9.17) is 11.6 Å². The van der Waals surface area contributed by atoms with Gasteiger partial charge in [0.15, 0.2) is 0 Å². The molecule has 0 aliphatic heterocycles. The summed E-state index contributed by atoms with van der Waals surface area (Å²) >= 11 is 9.30. The van der Waals surface area contributed by atoms with Gasteiger partial charge in [0.1, 0.15) is 8.07 Å². The summed E-state index contributed by atoms with van der Waals surface area (Å²) in [5.74, 6) is 0. The maximum absolute atomic E-state index is 5.93. The number of halogens is 1. The van der Waals surface area contributed by atoms with Crippen LogP contribution in [0.3, 0.4) is 0 Å². The summed E-state index contributed by atoms with van der Waals surface area (Å²) in [5, 5.41) is 4.04. The predicted octanol–water partition coefficient (Wildman–Crippen LogP) is 6.42. The molecule has 0 amide bonds. The van der Waals surface area contributed by atoms with E-state index in [1.807, 2.05) is 24.3 Å². The van der Waals surface area contributed by atoms with Crippen molar-refractivity contribution < 1.29 is 0 Å². The largest absolute Gasteiger partial charge is 0.130 e. The van der Waals surface area contributed by atoms with Gasteiger partial charge in [0.05, 0.1) is 0 Å². The van der Waals surface area contributed by atoms with Crippen LogP contribution in [-0.4, -0.2) is 8.07 Å². The number of hydrogen-bond donors (Lipinski definition) is 0. The summed E-state index contributed by atoms with van der Waals surface area (Å²) in [6.07, 6.45) is 0. The van der Waals surface area contributed by atoms with E-state index in [9.17, 15) is 0 Å². The molecule has 0 N–H and O–H groups in total. The first-order valence-electron chi connectivity index (χ1n) is 6.65. The van der Waals surface area contributed by atoms with Crippen LogP contribution in [0.15, 0.2) is 63.2 Å². The molecule has 0 bridgehead atoms. The number of benzene rings is 2. The third-order valence-corrected chi connectivity index (χ3v) is 5.78. The molecule has 0 nitrogen and oxygen atoms in total. The zero-order valence-electron chi connectivity index (χ0n) is 12.3. The van der Waals surface area contributed by atoms with Gasteiger partial charge < -0.3 is 0 Å². The lowest BCUT2D eigenvalue weighted by atomic mass is 10.4. The summed E-state index contributed by atoms with van der Waals surface area (Å²) in [6, 6.07) is 16.3. The molecule has 0 heterocycles. The molecule has 2 rings (SSSR count). The van der Waals surface area contributed by atoms with E-state index >= 15 is 0 Å². The maximum Gasteiger partial charge on any atom is 0.130 e. The Labute approximate surface area is 141 Å². The van der Waals surface area contributed by atoms with E-state index in [-0.39, 0.29) is 0 Å². The minimum Gasteiger partial charge on any atom is -0.120 e. The van der Waals surface area contributed by atoms with Crippen LogP contribution >= 0.6 is 35.1 Å². The van der Waals surface area contributed by atoms with Crippen LogP contribution in [0.2, 0.25) is 24.7 Å². The number of thioether (sulfide) groups is 1. The molecule has 0 spiro atoms. The normalized spacial score (nSPS) is 10.9. The summed E-state index contributed by atoms with van der Waals surface area (Å²) in [5.41, 5.74) is 3.39. The second kappa shape index (κ2) is 7.46. The van der Waals surface area contributed by atoms with Crippen LogP contribution in [0.25, 0.3) is 0 Å². The highest BCUT2D eigenvalue weighted by molar-refractivity contribution is 8.05. The van der Waals surface area contributed by atoms with Crippen molar-refractivity contribution in [3.8, 4) is 10.8 Å². The summed E-state index contributed by atoms with van der Waals surface area (Å²) in [7, 11) is -1.31. The number of hydrogen-bond acceptors (Lipinski definition) is 2. The Hall–Kier alpha value is -0.793. The van der Waals surface area contributed by atoms with E-state index in [2.05, 4.69) is 54.7 Å². The summed E-state index contributed by atoms with van der Waals surface area (Å²) in [6.45, 7) is 6.78. The van der Waals surface area contributed by atoms with Crippen molar-refractivity contribution in [3.63, 3.8) is 0 Å². The van der Waals surface area contributed by atoms with Crippen molar-refractivity contribution in [1.82, 2.24) is 0 Å². The minimum absolute atomic E-state index is 0.767. The van der Waals surface area contributed by atoms with Gasteiger partial charge in [0, 0.05) is 19.7 Å². The lowest BCUT2D eigenvalue weighted by molar-refractivity contribution is 1.25. The monoisotopic (exact) mass is 348 g/mol. The zero-order valence-corrected chi connectivity index (χ0v) is 15.7. The van der Waals surface area contributed by atoms with E-state index < -0.39 is 8.07 Å². The third-order valence-electron chi connectivity index (χ3n) is 2.48. The Bertz CT molecular complexity index is 664. The highest BCUT2D eigenvalue weighted by atomic mass is 35.5. The molecule has 21 heavy (non-hydrogen) atoms. The lowest BCUT2D eigenvalue weighted by Gasteiger charge is -2.07. The molecular formula is C17H17ClS2Si. The van der Waals surface area contributed by atoms with Gasteiger partial charge in [-0.2, -0.15) is 0 Å². The molecule has 2 aromatic carbocycles. The van der Waals surface area contributed by atoms with E-state index in [0.29, 0.717) is 0 Å². The quantitative estimate of drug-likeness (QED) is 0.356. The zero-order chi connectivity index (χ0) is 15.3. The average molecular weight is 349 g/mol. The fraction of sp³-hybridized carbons (Fsp3) is 0.176. The SMILES string of the molecule is C[Si](C)(C)C#CSc1ccccc1Sc1ccc(Cl)cc1. The van der Waals surface area contributed by atoms with Gasteiger partial charge in [-0.3, -0.25) is 0 Å². The first-order chi connectivity index (χ1) is 9.94. The molecule has 0 fully saturated rings. The molecule has 0 aromatic heterocycles. The summed E-state index contributed by atoms with van der Waals surface area (Å²) in [4.78, 5) is 3.63. The molecule has 4 heteroatoms. The van der Waals surface area contributed by atoms with Crippen molar-refractivity contribution in [2.24, 2.45) is 0 Å². The topological polar surface area (TPSA) is 0 Å². The Morgan fingerprint density at radius 1 is 0.905 bits per heavy atom. The number of rotatable bonds is 3. The van der Waals surface area contributed by atoms with Gasteiger partial charge in [-0.05, 0) is 53.4 Å². The first-order valence-corrected chi connectivity index (χ1v) is 12.2. The van der Waals surface area contributed by atoms with Gasteiger partial charge in [-0.1, -0.05) is 55.1 Å². The third kappa shape index (κ3) is 5.84. The van der Waals surface area contributed by atoms with Crippen molar-refractivity contribution in [2.75, 3.05) is 0 Å². The van der Waals surface area contributed by atoms with Crippen LogP contribution in [0, 0.1) is 10.8 Å². The lowest BCUT2D eigenvalue weighted by Crippen LogP contribution is -2.15. The average Bonchev–Trinajstić information content (AvgIpc) is 2.42. The fourth-order valence-corrected chi connectivity index (χ4v) is 4.55. The predicted molar refractivity (Wildman–Crippen MR) is 99.0 cm³/mol. The smallest absolute Gasteiger partial charge is 0.120 e. The maximum atomic E-state index is 5.93. The standard InChI is InChI=1S/C17H17ClS2Si/c1-21(2,3)13-12-19-16-6-4-5-7-17(16)20-15-10-8-14(18)9-11-15/h4-11H,1-3H3. The molecule has 0 aliphatic rings. The fourth-order valence-electron chi connectivity index (χ4n) is 1.48. The van der Waals surface area contributed by atoms with Crippen molar-refractivity contribution in [3.05, 3.63) is 53.6 Å². The van der Waals surface area contributed by atoms with Crippen LogP contribution in [0.4, 0.5) is 0 Å². The Balaban J connectivity index is 2.16. The Morgan fingerprint density at radius 2 is 1.52 bits per heavy atom. The molecule has 108 valence electrons. The van der Waals surface area contributed by atoms with Gasteiger partial charge in [-0.15, -0.1) is 5.54 Å². The highest BCUT2D eigenvalue weighted by Crippen LogP contribution is 2.35. The molecule has 0 atom stereocenters. The van der Waals surface area contributed by atoms with Gasteiger partial charge in [0.2, 0.25) is 0 Å². The van der Waals surface area contributed by atoms with Crippen LogP contribution < -0.4 is 0 Å². The van der Waals surface area contributed by atoms with Crippen LogP contribution in [0.5, 0.6) is 0 Å². The van der Waals surface area contributed by atoms with E-state index in [0.717, 1.165) is 5.02 Å². The van der Waals surface area contributed by atoms with Crippen LogP contribution in [0.1, 0.15) is 0 Å². The Kier molecular flexibility index (Phi) is 5.89. The van der Waals surface area contributed by atoms with Gasteiger partial charge in [-0.25, -0.2) is 0 Å². The molecule has 0 saturated carbocycles. The summed E-state index contributed by atoms with van der Waals surface area (Å²) < 4.78 is 0. The molecule has 0 unspecified atom stereocenters. The molecular weight excluding hydrogens is 332 g/mol. The van der Waals surface area contributed by atoms with Crippen LogP contribution in [-0.2, 0) is 0 Å². The minimum atomic E-state index is -1.31.